The lowest BCUT2D eigenvalue weighted by Gasteiger charge is -2.60. The molecule has 1 heterocycles. The van der Waals surface area contributed by atoms with Crippen LogP contribution in [0.25, 0.3) is 0 Å². The summed E-state index contributed by atoms with van der Waals surface area (Å²) in [6.07, 6.45) is 8.09. The first-order chi connectivity index (χ1) is 9.07. The van der Waals surface area contributed by atoms with Crippen molar-refractivity contribution in [1.29, 1.82) is 0 Å². The summed E-state index contributed by atoms with van der Waals surface area (Å²) in [5.41, 5.74) is -0.0919. The molecule has 0 aromatic rings. The Labute approximate surface area is 113 Å². The molecule has 104 valence electrons. The number of carboxylic acids is 1. The molecule has 0 aromatic carbocycles. The van der Waals surface area contributed by atoms with E-state index >= 15 is 0 Å². The second-order valence-electron chi connectivity index (χ2n) is 7.30. The molecule has 5 rings (SSSR count). The van der Waals surface area contributed by atoms with Crippen LogP contribution >= 0.6 is 0 Å². The Balaban J connectivity index is 1.70. The van der Waals surface area contributed by atoms with Crippen molar-refractivity contribution >= 4 is 11.9 Å². The maximum atomic E-state index is 12.3. The minimum absolute atomic E-state index is 0.0919. The van der Waals surface area contributed by atoms with Crippen LogP contribution in [-0.4, -0.2) is 33.5 Å². The molecule has 4 aliphatic carbocycles. The Morgan fingerprint density at radius 3 is 2.11 bits per heavy atom. The molecule has 0 aromatic heterocycles. The zero-order valence-corrected chi connectivity index (χ0v) is 11.2. The molecular formula is C15H21NO3. The number of rotatable bonds is 2. The second kappa shape index (κ2) is 3.74. The molecule has 1 saturated heterocycles. The van der Waals surface area contributed by atoms with E-state index in [0.29, 0.717) is 12.8 Å². The zero-order valence-electron chi connectivity index (χ0n) is 11.2. The molecule has 5 fully saturated rings. The average molecular weight is 263 g/mol. The first kappa shape index (κ1) is 11.7. The number of amides is 1. The summed E-state index contributed by atoms with van der Waals surface area (Å²) >= 11 is 0. The monoisotopic (exact) mass is 263 g/mol. The Morgan fingerprint density at radius 2 is 1.63 bits per heavy atom. The minimum atomic E-state index is -0.804. The Bertz CT molecular complexity index is 409. The fourth-order valence-corrected chi connectivity index (χ4v) is 5.87. The van der Waals surface area contributed by atoms with Crippen molar-refractivity contribution in [2.45, 2.75) is 62.9 Å². The topological polar surface area (TPSA) is 57.6 Å². The Kier molecular flexibility index (Phi) is 2.31. The molecule has 4 heteroatoms. The summed E-state index contributed by atoms with van der Waals surface area (Å²) in [4.78, 5) is 25.5. The molecule has 0 spiro atoms. The van der Waals surface area contributed by atoms with Crippen molar-refractivity contribution in [3.63, 3.8) is 0 Å². The van der Waals surface area contributed by atoms with Crippen LogP contribution in [-0.2, 0) is 9.59 Å². The Morgan fingerprint density at radius 1 is 1.11 bits per heavy atom. The summed E-state index contributed by atoms with van der Waals surface area (Å²) in [6.45, 7) is 0. The van der Waals surface area contributed by atoms with E-state index in [1.807, 2.05) is 4.90 Å². The first-order valence-corrected chi connectivity index (χ1v) is 7.62. The van der Waals surface area contributed by atoms with E-state index in [0.717, 1.165) is 37.0 Å². The highest BCUT2D eigenvalue weighted by Crippen LogP contribution is 2.58. The lowest BCUT2D eigenvalue weighted by Crippen LogP contribution is -2.63. The maximum absolute atomic E-state index is 12.3. The number of carboxylic acid groups (broad SMARTS) is 1. The van der Waals surface area contributed by atoms with Crippen molar-refractivity contribution in [2.75, 3.05) is 0 Å². The molecular weight excluding hydrogens is 242 g/mol. The van der Waals surface area contributed by atoms with Crippen LogP contribution in [0.2, 0.25) is 0 Å². The van der Waals surface area contributed by atoms with Gasteiger partial charge in [0, 0.05) is 12.0 Å². The predicted molar refractivity (Wildman–Crippen MR) is 68.4 cm³/mol. The van der Waals surface area contributed by atoms with Gasteiger partial charge in [-0.15, -0.1) is 0 Å². The second-order valence-corrected chi connectivity index (χ2v) is 7.30. The van der Waals surface area contributed by atoms with E-state index in [1.54, 1.807) is 0 Å². The third-order valence-corrected chi connectivity index (χ3v) is 6.01. The molecule has 0 radical (unpaired) electrons. The molecule has 0 unspecified atom stereocenters. The number of likely N-dealkylation sites (tertiary alicyclic amines) is 1. The van der Waals surface area contributed by atoms with Gasteiger partial charge < -0.3 is 10.0 Å². The molecule has 4 saturated carbocycles. The standard InChI is InChI=1S/C15H21NO3/c17-13-2-1-12(14(18)19)16(13)15-6-9-3-10(7-15)5-11(4-9)8-15/h9-12H,1-8H2,(H,18,19)/t9?,10?,11?,12-,15?/m0/s1. The van der Waals surface area contributed by atoms with Crippen molar-refractivity contribution in [3.05, 3.63) is 0 Å². The molecule has 1 atom stereocenters. The van der Waals surface area contributed by atoms with Gasteiger partial charge in [0.1, 0.15) is 6.04 Å². The summed E-state index contributed by atoms with van der Waals surface area (Å²) in [5.74, 6) is 1.52. The highest BCUT2D eigenvalue weighted by Gasteiger charge is 2.58. The third kappa shape index (κ3) is 1.58. The van der Waals surface area contributed by atoms with Crippen LogP contribution in [0, 0.1) is 17.8 Å². The van der Waals surface area contributed by atoms with Crippen LogP contribution in [0.4, 0.5) is 0 Å². The Hall–Kier alpha value is -1.06. The number of carbonyl (C=O) groups excluding carboxylic acids is 1. The normalized spacial score (nSPS) is 48.0. The smallest absolute Gasteiger partial charge is 0.326 e. The molecule has 1 amide bonds. The predicted octanol–water partition coefficient (Wildman–Crippen LogP) is 2.03. The fourth-order valence-electron chi connectivity index (χ4n) is 5.87. The van der Waals surface area contributed by atoms with E-state index in [2.05, 4.69) is 0 Å². The van der Waals surface area contributed by atoms with Gasteiger partial charge in [-0.3, -0.25) is 4.79 Å². The summed E-state index contributed by atoms with van der Waals surface area (Å²) in [7, 11) is 0. The van der Waals surface area contributed by atoms with Gasteiger partial charge in [-0.1, -0.05) is 0 Å². The van der Waals surface area contributed by atoms with Crippen molar-refractivity contribution in [2.24, 2.45) is 17.8 Å². The summed E-state index contributed by atoms with van der Waals surface area (Å²) < 4.78 is 0. The van der Waals surface area contributed by atoms with Crippen molar-refractivity contribution < 1.29 is 14.7 Å². The summed E-state index contributed by atoms with van der Waals surface area (Å²) in [6, 6.07) is -0.552. The zero-order chi connectivity index (χ0) is 13.2. The number of aliphatic carboxylic acids is 1. The number of hydrogen-bond acceptors (Lipinski definition) is 2. The molecule has 1 aliphatic heterocycles. The highest BCUT2D eigenvalue weighted by atomic mass is 16.4. The van der Waals surface area contributed by atoms with Crippen molar-refractivity contribution in [1.82, 2.24) is 4.90 Å². The first-order valence-electron chi connectivity index (χ1n) is 7.62. The van der Waals surface area contributed by atoms with Gasteiger partial charge in [-0.05, 0) is 62.7 Å². The largest absolute Gasteiger partial charge is 0.480 e. The van der Waals surface area contributed by atoms with E-state index in [9.17, 15) is 14.7 Å². The van der Waals surface area contributed by atoms with Crippen molar-refractivity contribution in [3.8, 4) is 0 Å². The van der Waals surface area contributed by atoms with Gasteiger partial charge in [0.05, 0.1) is 0 Å². The number of nitrogens with zero attached hydrogens (tertiary/aromatic N) is 1. The third-order valence-electron chi connectivity index (χ3n) is 6.01. The molecule has 1 N–H and O–H groups in total. The van der Waals surface area contributed by atoms with E-state index in [-0.39, 0.29) is 11.4 Å². The van der Waals surface area contributed by atoms with Gasteiger partial charge in [0.15, 0.2) is 0 Å². The maximum Gasteiger partial charge on any atom is 0.326 e. The van der Waals surface area contributed by atoms with Crippen LogP contribution in [0.3, 0.4) is 0 Å². The summed E-state index contributed by atoms with van der Waals surface area (Å²) in [5, 5.41) is 9.41. The van der Waals surface area contributed by atoms with Gasteiger partial charge in [-0.2, -0.15) is 0 Å². The van der Waals surface area contributed by atoms with E-state index in [1.165, 1.54) is 19.3 Å². The molecule has 19 heavy (non-hydrogen) atoms. The average Bonchev–Trinajstić information content (AvgIpc) is 2.70. The fraction of sp³-hybridized carbons (Fsp3) is 0.867. The lowest BCUT2D eigenvalue weighted by molar-refractivity contribution is -0.162. The minimum Gasteiger partial charge on any atom is -0.480 e. The highest BCUT2D eigenvalue weighted by molar-refractivity contribution is 5.88. The quantitative estimate of drug-likeness (QED) is 0.829. The van der Waals surface area contributed by atoms with Crippen LogP contribution in [0.5, 0.6) is 0 Å². The number of carbonyl (C=O) groups is 2. The van der Waals surface area contributed by atoms with Gasteiger partial charge in [-0.25, -0.2) is 4.79 Å². The van der Waals surface area contributed by atoms with Crippen LogP contribution in [0.15, 0.2) is 0 Å². The van der Waals surface area contributed by atoms with Crippen LogP contribution in [0.1, 0.15) is 51.4 Å². The lowest BCUT2D eigenvalue weighted by atomic mass is 9.52. The van der Waals surface area contributed by atoms with E-state index in [4.69, 9.17) is 0 Å². The molecule has 4 nitrogen and oxygen atoms in total. The van der Waals surface area contributed by atoms with Gasteiger partial charge in [0.2, 0.25) is 5.91 Å². The van der Waals surface area contributed by atoms with Crippen LogP contribution < -0.4 is 0 Å². The van der Waals surface area contributed by atoms with E-state index < -0.39 is 12.0 Å². The molecule has 4 bridgehead atoms. The molecule has 5 aliphatic rings. The SMILES string of the molecule is O=C(O)[C@@H]1CCC(=O)N1C12CC3CC(CC(C3)C1)C2. The number of hydrogen-bond donors (Lipinski definition) is 1. The van der Waals surface area contributed by atoms with Gasteiger partial charge in [0.25, 0.3) is 0 Å². The van der Waals surface area contributed by atoms with Gasteiger partial charge >= 0.3 is 5.97 Å².